The van der Waals surface area contributed by atoms with Gasteiger partial charge in [-0.2, -0.15) is 0 Å². The predicted molar refractivity (Wildman–Crippen MR) is 63.6 cm³/mol. The minimum atomic E-state index is -1.80. The van der Waals surface area contributed by atoms with Crippen molar-refractivity contribution in [2.75, 3.05) is 0 Å². The van der Waals surface area contributed by atoms with E-state index in [9.17, 15) is 27.2 Å². The number of aromatic nitrogens is 1. The molecule has 1 fully saturated rings. The maximum absolute atomic E-state index is 13.9. The van der Waals surface area contributed by atoms with Gasteiger partial charge in [-0.3, -0.25) is 4.79 Å². The highest BCUT2D eigenvalue weighted by Crippen LogP contribution is 2.41. The number of fused-ring (bicyclic) bond motifs is 1. The van der Waals surface area contributed by atoms with Gasteiger partial charge in [-0.05, 0) is 6.07 Å². The summed E-state index contributed by atoms with van der Waals surface area (Å²) in [5, 5.41) is 8.31. The van der Waals surface area contributed by atoms with Crippen molar-refractivity contribution in [3.05, 3.63) is 45.5 Å². The van der Waals surface area contributed by atoms with Crippen molar-refractivity contribution in [3.63, 3.8) is 0 Å². The van der Waals surface area contributed by atoms with Gasteiger partial charge in [0.2, 0.25) is 5.43 Å². The maximum atomic E-state index is 13.9. The zero-order valence-electron chi connectivity index (χ0n) is 10.2. The highest BCUT2D eigenvalue weighted by Gasteiger charge is 2.41. The van der Waals surface area contributed by atoms with Crippen molar-refractivity contribution in [3.8, 4) is 0 Å². The number of nitrogens with zero attached hydrogens (tertiary/aromatic N) is 1. The van der Waals surface area contributed by atoms with Crippen LogP contribution in [0, 0.1) is 17.5 Å². The first kappa shape index (κ1) is 13.6. The number of halogens is 4. The van der Waals surface area contributed by atoms with Gasteiger partial charge < -0.3 is 9.67 Å². The second-order valence-electron chi connectivity index (χ2n) is 4.79. The molecule has 4 nitrogen and oxygen atoms in total. The number of hydrogen-bond donors (Lipinski definition) is 1. The molecule has 0 aliphatic heterocycles. The minimum absolute atomic E-state index is 0.0184. The van der Waals surface area contributed by atoms with Crippen LogP contribution < -0.4 is 5.43 Å². The molecular weight excluding hydrogens is 294 g/mol. The van der Waals surface area contributed by atoms with E-state index in [1.165, 1.54) is 0 Å². The van der Waals surface area contributed by atoms with Crippen LogP contribution in [-0.4, -0.2) is 21.8 Å². The molecular formula is C13H7F4NO3. The number of carboxylic acids is 1. The number of carbonyl (C=O) groups is 1. The zero-order valence-corrected chi connectivity index (χ0v) is 10.2. The van der Waals surface area contributed by atoms with E-state index in [4.69, 9.17) is 5.11 Å². The molecule has 21 heavy (non-hydrogen) atoms. The van der Waals surface area contributed by atoms with Crippen LogP contribution >= 0.6 is 0 Å². The molecule has 1 aromatic heterocycles. The number of aromatic carboxylic acids is 1. The zero-order chi connectivity index (χ0) is 15.5. The summed E-state index contributed by atoms with van der Waals surface area (Å²) in [6.07, 6.45) is -0.613. The summed E-state index contributed by atoms with van der Waals surface area (Å²) < 4.78 is 54.6. The predicted octanol–water partition coefficient (Wildman–Crippen LogP) is 2.40. The van der Waals surface area contributed by atoms with Crippen molar-refractivity contribution < 1.29 is 27.5 Å². The van der Waals surface area contributed by atoms with Gasteiger partial charge >= 0.3 is 5.97 Å². The first-order valence-corrected chi connectivity index (χ1v) is 5.92. The molecule has 1 aliphatic rings. The Morgan fingerprint density at radius 2 is 1.90 bits per heavy atom. The van der Waals surface area contributed by atoms with Crippen molar-refractivity contribution in [2.24, 2.45) is 0 Å². The SMILES string of the molecule is O=C(O)c1cn(C2CC2F)c2c(F)c(F)c(F)cc2c1=O. The normalized spacial score (nSPS) is 20.8. The Kier molecular flexibility index (Phi) is 2.79. The molecule has 8 heteroatoms. The first-order chi connectivity index (χ1) is 9.82. The highest BCUT2D eigenvalue weighted by atomic mass is 19.2. The van der Waals surface area contributed by atoms with Gasteiger partial charge in [-0.25, -0.2) is 22.4 Å². The minimum Gasteiger partial charge on any atom is -0.477 e. The van der Waals surface area contributed by atoms with E-state index in [1.807, 2.05) is 0 Å². The van der Waals surface area contributed by atoms with Crippen molar-refractivity contribution in [1.29, 1.82) is 0 Å². The molecule has 0 saturated heterocycles. The Hall–Kier alpha value is -2.38. The van der Waals surface area contributed by atoms with E-state index in [2.05, 4.69) is 0 Å². The molecule has 1 aromatic carbocycles. The lowest BCUT2D eigenvalue weighted by atomic mass is 10.1. The first-order valence-electron chi connectivity index (χ1n) is 5.92. The number of carboxylic acid groups (broad SMARTS) is 1. The Balaban J connectivity index is 2.49. The maximum Gasteiger partial charge on any atom is 0.341 e. The summed E-state index contributed by atoms with van der Waals surface area (Å²) in [6, 6.07) is -0.472. The highest BCUT2D eigenvalue weighted by molar-refractivity contribution is 5.92. The van der Waals surface area contributed by atoms with Crippen LogP contribution in [0.3, 0.4) is 0 Å². The summed E-state index contributed by atoms with van der Waals surface area (Å²) >= 11 is 0. The summed E-state index contributed by atoms with van der Waals surface area (Å²) in [4.78, 5) is 22.9. The molecule has 0 spiro atoms. The van der Waals surface area contributed by atoms with Gasteiger partial charge in [-0.15, -0.1) is 0 Å². The third-order valence-corrected chi connectivity index (χ3v) is 3.42. The standard InChI is InChI=1S/C13H7F4NO3/c14-6-2-8(6)18-3-5(13(20)21)12(19)4-1-7(15)9(16)10(17)11(4)18/h1,3,6,8H,2H2,(H,20,21). The largest absolute Gasteiger partial charge is 0.477 e. The number of pyridine rings is 1. The number of benzene rings is 1. The van der Waals surface area contributed by atoms with Crippen LogP contribution in [0.25, 0.3) is 10.9 Å². The van der Waals surface area contributed by atoms with Gasteiger partial charge in [0.25, 0.3) is 0 Å². The summed E-state index contributed by atoms with van der Waals surface area (Å²) in [5.41, 5.74) is -2.54. The Labute approximate surface area is 114 Å². The van der Waals surface area contributed by atoms with E-state index >= 15 is 0 Å². The summed E-state index contributed by atoms with van der Waals surface area (Å²) in [7, 11) is 0. The van der Waals surface area contributed by atoms with Crippen LogP contribution in [0.5, 0.6) is 0 Å². The molecule has 2 atom stereocenters. The van der Waals surface area contributed by atoms with Gasteiger partial charge in [0.05, 0.1) is 16.9 Å². The Morgan fingerprint density at radius 1 is 1.29 bits per heavy atom. The Bertz CT molecular complexity index is 846. The van der Waals surface area contributed by atoms with Crippen LogP contribution in [-0.2, 0) is 0 Å². The lowest BCUT2D eigenvalue weighted by molar-refractivity contribution is 0.0694. The molecule has 1 aliphatic carbocycles. The summed E-state index contributed by atoms with van der Waals surface area (Å²) in [5.74, 6) is -6.66. The quantitative estimate of drug-likeness (QED) is 0.684. The van der Waals surface area contributed by atoms with Crippen LogP contribution in [0.4, 0.5) is 17.6 Å². The molecule has 0 bridgehead atoms. The molecule has 110 valence electrons. The average molecular weight is 301 g/mol. The fourth-order valence-corrected chi connectivity index (χ4v) is 2.27. The molecule has 3 rings (SSSR count). The van der Waals surface area contributed by atoms with Gasteiger partial charge in [0, 0.05) is 12.6 Å². The third-order valence-electron chi connectivity index (χ3n) is 3.42. The molecule has 1 heterocycles. The molecule has 2 aromatic rings. The second kappa shape index (κ2) is 4.31. The van der Waals surface area contributed by atoms with E-state index in [0.717, 1.165) is 10.8 Å². The molecule has 1 N–H and O–H groups in total. The van der Waals surface area contributed by atoms with E-state index in [-0.39, 0.29) is 6.42 Å². The number of rotatable bonds is 2. The van der Waals surface area contributed by atoms with Crippen molar-refractivity contribution >= 4 is 16.9 Å². The fourth-order valence-electron chi connectivity index (χ4n) is 2.27. The van der Waals surface area contributed by atoms with Gasteiger partial charge in [0.1, 0.15) is 11.7 Å². The second-order valence-corrected chi connectivity index (χ2v) is 4.79. The lowest BCUT2D eigenvalue weighted by Gasteiger charge is -2.12. The number of hydrogen-bond acceptors (Lipinski definition) is 2. The molecule has 2 unspecified atom stereocenters. The van der Waals surface area contributed by atoms with Crippen LogP contribution in [0.2, 0.25) is 0 Å². The van der Waals surface area contributed by atoms with E-state index < -0.39 is 57.5 Å². The average Bonchev–Trinajstić information content (AvgIpc) is 3.14. The van der Waals surface area contributed by atoms with Crippen molar-refractivity contribution in [2.45, 2.75) is 18.6 Å². The van der Waals surface area contributed by atoms with Gasteiger partial charge in [-0.1, -0.05) is 0 Å². The molecule has 1 saturated carbocycles. The van der Waals surface area contributed by atoms with Gasteiger partial charge in [0.15, 0.2) is 17.5 Å². The van der Waals surface area contributed by atoms with Crippen LogP contribution in [0.1, 0.15) is 22.8 Å². The van der Waals surface area contributed by atoms with E-state index in [1.54, 1.807) is 0 Å². The third kappa shape index (κ3) is 1.90. The number of alkyl halides is 1. The lowest BCUT2D eigenvalue weighted by Crippen LogP contribution is -2.20. The van der Waals surface area contributed by atoms with E-state index in [0.29, 0.717) is 6.07 Å². The van der Waals surface area contributed by atoms with Crippen molar-refractivity contribution in [1.82, 2.24) is 4.57 Å². The monoisotopic (exact) mass is 301 g/mol. The summed E-state index contributed by atoms with van der Waals surface area (Å²) in [6.45, 7) is 0. The topological polar surface area (TPSA) is 59.3 Å². The fraction of sp³-hybridized carbons (Fsp3) is 0.231. The Morgan fingerprint density at radius 3 is 2.43 bits per heavy atom. The smallest absolute Gasteiger partial charge is 0.341 e. The molecule has 0 radical (unpaired) electrons. The molecule has 0 amide bonds. The van der Waals surface area contributed by atoms with Crippen LogP contribution in [0.15, 0.2) is 17.1 Å².